The van der Waals surface area contributed by atoms with Crippen LogP contribution < -0.4 is 0 Å². The summed E-state index contributed by atoms with van der Waals surface area (Å²) in [6.07, 6.45) is 1.93. The monoisotopic (exact) mass is 329 g/mol. The van der Waals surface area contributed by atoms with Gasteiger partial charge in [-0.15, -0.1) is 11.6 Å². The molecule has 0 bridgehead atoms. The zero-order valence-electron chi connectivity index (χ0n) is 14.7. The highest BCUT2D eigenvalue weighted by atomic mass is 35.5. The molecule has 1 nitrogen and oxygen atoms in total. The second-order valence-electron chi connectivity index (χ2n) is 6.60. The second kappa shape index (κ2) is 7.99. The summed E-state index contributed by atoms with van der Waals surface area (Å²) in [6.45, 7) is 4.46. The summed E-state index contributed by atoms with van der Waals surface area (Å²) in [5.41, 5.74) is 2.44. The number of nitrogens with zero attached hydrogens (tertiary/aromatic N) is 1. The Balaban J connectivity index is 2.63. The molecule has 0 aliphatic heterocycles. The Hall–Kier alpha value is -1.31. The standard InChI is InChI=1S/C21H28ClN/c1-5-20(22)21(16-17(2)23(3)4,18-12-8-6-9-13-18)19-14-10-7-11-15-19/h6-15,17,20H,5,16H2,1-4H3. The minimum absolute atomic E-state index is 0.0506. The van der Waals surface area contributed by atoms with Crippen molar-refractivity contribution in [1.29, 1.82) is 0 Å². The molecule has 0 saturated heterocycles. The van der Waals surface area contributed by atoms with Crippen LogP contribution in [-0.2, 0) is 5.41 Å². The zero-order chi connectivity index (χ0) is 16.9. The predicted molar refractivity (Wildman–Crippen MR) is 101 cm³/mol. The lowest BCUT2D eigenvalue weighted by Crippen LogP contribution is -2.43. The molecule has 0 aliphatic rings. The first-order valence-electron chi connectivity index (χ1n) is 8.44. The molecular weight excluding hydrogens is 302 g/mol. The van der Waals surface area contributed by atoms with Crippen LogP contribution >= 0.6 is 11.6 Å². The van der Waals surface area contributed by atoms with Gasteiger partial charge in [0.25, 0.3) is 0 Å². The van der Waals surface area contributed by atoms with E-state index in [0.29, 0.717) is 6.04 Å². The van der Waals surface area contributed by atoms with Crippen LogP contribution in [0.15, 0.2) is 60.7 Å². The average molecular weight is 330 g/mol. The van der Waals surface area contributed by atoms with E-state index in [1.807, 2.05) is 0 Å². The van der Waals surface area contributed by atoms with Crippen LogP contribution in [0.1, 0.15) is 37.8 Å². The third-order valence-corrected chi connectivity index (χ3v) is 5.65. The summed E-state index contributed by atoms with van der Waals surface area (Å²) < 4.78 is 0. The van der Waals surface area contributed by atoms with Crippen LogP contribution in [0.4, 0.5) is 0 Å². The lowest BCUT2D eigenvalue weighted by Gasteiger charge is -2.42. The molecule has 23 heavy (non-hydrogen) atoms. The summed E-state index contributed by atoms with van der Waals surface area (Å²) in [4.78, 5) is 2.28. The smallest absolute Gasteiger partial charge is 0.0471 e. The van der Waals surface area contributed by atoms with Crippen molar-refractivity contribution in [2.75, 3.05) is 14.1 Å². The molecule has 2 rings (SSSR count). The Kier molecular flexibility index (Phi) is 6.26. The second-order valence-corrected chi connectivity index (χ2v) is 7.12. The zero-order valence-corrected chi connectivity index (χ0v) is 15.4. The largest absolute Gasteiger partial charge is 0.307 e. The van der Waals surface area contributed by atoms with Crippen LogP contribution in [0, 0.1) is 0 Å². The summed E-state index contributed by atoms with van der Waals surface area (Å²) in [6, 6.07) is 21.9. The molecule has 0 N–H and O–H groups in total. The fourth-order valence-corrected chi connectivity index (χ4v) is 3.70. The SMILES string of the molecule is CCC(Cl)C(CC(C)N(C)C)(c1ccccc1)c1ccccc1. The normalized spacial score (nSPS) is 14.7. The van der Waals surface area contributed by atoms with Crippen LogP contribution in [0.2, 0.25) is 0 Å². The van der Waals surface area contributed by atoms with Gasteiger partial charge in [0.2, 0.25) is 0 Å². The summed E-state index contributed by atoms with van der Waals surface area (Å²) in [5.74, 6) is 0. The first kappa shape index (κ1) is 18.0. The fraction of sp³-hybridized carbons (Fsp3) is 0.429. The molecule has 0 saturated carbocycles. The van der Waals surface area contributed by atoms with E-state index in [0.717, 1.165) is 12.8 Å². The number of hydrogen-bond donors (Lipinski definition) is 0. The van der Waals surface area contributed by atoms with Gasteiger partial charge in [-0.3, -0.25) is 0 Å². The molecule has 0 aliphatic carbocycles. The molecule has 2 atom stereocenters. The summed E-state index contributed by atoms with van der Waals surface area (Å²) in [5, 5.41) is 0.0506. The van der Waals surface area contributed by atoms with Crippen molar-refractivity contribution < 1.29 is 0 Å². The molecule has 2 unspecified atom stereocenters. The molecule has 0 aromatic heterocycles. The van der Waals surface area contributed by atoms with Crippen molar-refractivity contribution in [1.82, 2.24) is 4.90 Å². The fourth-order valence-electron chi connectivity index (χ4n) is 3.36. The van der Waals surface area contributed by atoms with Gasteiger partial charge in [-0.05, 0) is 45.0 Å². The van der Waals surface area contributed by atoms with Crippen molar-refractivity contribution in [2.24, 2.45) is 0 Å². The van der Waals surface area contributed by atoms with Gasteiger partial charge in [-0.2, -0.15) is 0 Å². The van der Waals surface area contributed by atoms with E-state index < -0.39 is 0 Å². The molecule has 124 valence electrons. The molecule has 2 aromatic rings. The minimum atomic E-state index is -0.178. The van der Waals surface area contributed by atoms with E-state index in [1.165, 1.54) is 11.1 Å². The Labute approximate surface area is 146 Å². The third-order valence-electron chi connectivity index (χ3n) is 4.97. The van der Waals surface area contributed by atoms with Crippen LogP contribution in [0.25, 0.3) is 0 Å². The van der Waals surface area contributed by atoms with Gasteiger partial charge >= 0.3 is 0 Å². The molecule has 0 fully saturated rings. The molecule has 2 aromatic carbocycles. The van der Waals surface area contributed by atoms with E-state index in [4.69, 9.17) is 11.6 Å². The average Bonchev–Trinajstić information content (AvgIpc) is 2.60. The maximum atomic E-state index is 6.99. The maximum Gasteiger partial charge on any atom is 0.0471 e. The van der Waals surface area contributed by atoms with Gasteiger partial charge in [0.1, 0.15) is 0 Å². The quantitative estimate of drug-likeness (QED) is 0.620. The van der Waals surface area contributed by atoms with Crippen LogP contribution in [0.3, 0.4) is 0 Å². The number of alkyl halides is 1. The Morgan fingerprint density at radius 2 is 1.35 bits per heavy atom. The minimum Gasteiger partial charge on any atom is -0.307 e. The molecule has 0 spiro atoms. The van der Waals surface area contributed by atoms with Gasteiger partial charge in [-0.1, -0.05) is 67.6 Å². The first-order valence-corrected chi connectivity index (χ1v) is 8.87. The lowest BCUT2D eigenvalue weighted by molar-refractivity contribution is 0.250. The van der Waals surface area contributed by atoms with Crippen LogP contribution in [0.5, 0.6) is 0 Å². The first-order chi connectivity index (χ1) is 11.0. The van der Waals surface area contributed by atoms with Crippen molar-refractivity contribution in [3.05, 3.63) is 71.8 Å². The predicted octanol–water partition coefficient (Wildman–Crippen LogP) is 5.33. The molecular formula is C21H28ClN. The van der Waals surface area contributed by atoms with Gasteiger partial charge in [-0.25, -0.2) is 0 Å². The van der Waals surface area contributed by atoms with E-state index in [-0.39, 0.29) is 10.8 Å². The number of rotatable bonds is 7. The number of benzene rings is 2. The Bertz CT molecular complexity index is 540. The summed E-state index contributed by atoms with van der Waals surface area (Å²) >= 11 is 6.99. The maximum absolute atomic E-state index is 6.99. The van der Waals surface area contributed by atoms with Gasteiger partial charge < -0.3 is 4.90 Å². The summed E-state index contributed by atoms with van der Waals surface area (Å²) in [7, 11) is 4.28. The molecule has 2 heteroatoms. The topological polar surface area (TPSA) is 3.24 Å². The Morgan fingerprint density at radius 1 is 0.913 bits per heavy atom. The third kappa shape index (κ3) is 3.79. The van der Waals surface area contributed by atoms with Crippen molar-refractivity contribution >= 4 is 11.6 Å². The van der Waals surface area contributed by atoms with E-state index >= 15 is 0 Å². The highest BCUT2D eigenvalue weighted by Crippen LogP contribution is 2.44. The lowest BCUT2D eigenvalue weighted by atomic mass is 9.67. The molecule has 0 radical (unpaired) electrons. The van der Waals surface area contributed by atoms with Gasteiger partial charge in [0.05, 0.1) is 0 Å². The Morgan fingerprint density at radius 3 is 1.70 bits per heavy atom. The van der Waals surface area contributed by atoms with Gasteiger partial charge in [0, 0.05) is 16.8 Å². The van der Waals surface area contributed by atoms with E-state index in [2.05, 4.69) is 93.5 Å². The molecule has 0 amide bonds. The van der Waals surface area contributed by atoms with E-state index in [9.17, 15) is 0 Å². The molecule has 0 heterocycles. The highest BCUT2D eigenvalue weighted by Gasteiger charge is 2.41. The van der Waals surface area contributed by atoms with Crippen molar-refractivity contribution in [3.8, 4) is 0 Å². The van der Waals surface area contributed by atoms with Crippen LogP contribution in [-0.4, -0.2) is 30.4 Å². The number of hydrogen-bond acceptors (Lipinski definition) is 1. The van der Waals surface area contributed by atoms with Crippen molar-refractivity contribution in [2.45, 2.75) is 43.5 Å². The van der Waals surface area contributed by atoms with E-state index in [1.54, 1.807) is 0 Å². The van der Waals surface area contributed by atoms with Gasteiger partial charge in [0.15, 0.2) is 0 Å². The number of halogens is 1. The van der Waals surface area contributed by atoms with Crippen molar-refractivity contribution in [3.63, 3.8) is 0 Å². The highest BCUT2D eigenvalue weighted by molar-refractivity contribution is 6.21.